The molecule has 2 aromatic carbocycles. The Labute approximate surface area is 153 Å². The van der Waals surface area contributed by atoms with Gasteiger partial charge in [0.25, 0.3) is 10.0 Å². The van der Waals surface area contributed by atoms with E-state index in [2.05, 4.69) is 14.6 Å². The fraction of sp³-hybridized carbons (Fsp3) is 0.118. The molecule has 3 aromatic rings. The summed E-state index contributed by atoms with van der Waals surface area (Å²) in [5.74, 6) is -0.620. The van der Waals surface area contributed by atoms with E-state index in [0.29, 0.717) is 6.54 Å². The third-order valence-corrected chi connectivity index (χ3v) is 4.80. The summed E-state index contributed by atoms with van der Waals surface area (Å²) in [5, 5.41) is 4.07. The van der Waals surface area contributed by atoms with Gasteiger partial charge in [-0.15, -0.1) is 13.2 Å². The molecule has 10 heteroatoms. The first-order chi connectivity index (χ1) is 12.7. The lowest BCUT2D eigenvalue weighted by Gasteiger charge is -2.11. The first-order valence-electron chi connectivity index (χ1n) is 7.66. The Morgan fingerprint density at radius 1 is 1.07 bits per heavy atom. The second kappa shape index (κ2) is 7.31. The van der Waals surface area contributed by atoms with E-state index in [9.17, 15) is 21.6 Å². The number of hydrogen-bond acceptors (Lipinski definition) is 4. The summed E-state index contributed by atoms with van der Waals surface area (Å²) >= 11 is 0. The van der Waals surface area contributed by atoms with Gasteiger partial charge in [-0.1, -0.05) is 36.4 Å². The molecule has 1 aromatic heterocycles. The highest BCUT2D eigenvalue weighted by Crippen LogP contribution is 2.25. The predicted molar refractivity (Wildman–Crippen MR) is 91.7 cm³/mol. The van der Waals surface area contributed by atoms with Crippen LogP contribution >= 0.6 is 0 Å². The Bertz CT molecular complexity index is 1020. The number of aromatic nitrogens is 2. The van der Waals surface area contributed by atoms with Crippen molar-refractivity contribution in [1.82, 2.24) is 9.78 Å². The number of benzene rings is 2. The molecule has 0 fully saturated rings. The second-order valence-corrected chi connectivity index (χ2v) is 7.22. The summed E-state index contributed by atoms with van der Waals surface area (Å²) in [7, 11) is -4.10. The maximum absolute atomic E-state index is 12.4. The summed E-state index contributed by atoms with van der Waals surface area (Å²) in [5.41, 5.74) is 1.17. The van der Waals surface area contributed by atoms with Crippen LogP contribution in [0.5, 0.6) is 5.75 Å². The van der Waals surface area contributed by atoms with E-state index in [0.717, 1.165) is 23.8 Å². The van der Waals surface area contributed by atoms with Crippen molar-refractivity contribution < 1.29 is 26.3 Å². The molecule has 0 atom stereocenters. The predicted octanol–water partition coefficient (Wildman–Crippen LogP) is 3.63. The van der Waals surface area contributed by atoms with Crippen molar-refractivity contribution in [2.24, 2.45) is 0 Å². The molecule has 0 saturated carbocycles. The van der Waals surface area contributed by atoms with Crippen LogP contribution in [-0.2, 0) is 16.6 Å². The normalized spacial score (nSPS) is 12.0. The van der Waals surface area contributed by atoms with Gasteiger partial charge >= 0.3 is 6.36 Å². The first-order valence-corrected chi connectivity index (χ1v) is 9.15. The summed E-state index contributed by atoms with van der Waals surface area (Å²) in [6.07, 6.45) is -2.11. The van der Waals surface area contributed by atoms with E-state index in [1.54, 1.807) is 0 Å². The van der Waals surface area contributed by atoms with Crippen molar-refractivity contribution in [3.8, 4) is 5.75 Å². The van der Waals surface area contributed by atoms with Crippen molar-refractivity contribution in [3.05, 3.63) is 72.6 Å². The minimum atomic E-state index is -4.91. The van der Waals surface area contributed by atoms with Gasteiger partial charge in [-0.3, -0.25) is 9.40 Å². The lowest BCUT2D eigenvalue weighted by atomic mass is 10.2. The molecule has 0 aliphatic rings. The van der Waals surface area contributed by atoms with Gasteiger partial charge in [0.05, 0.1) is 23.3 Å². The fourth-order valence-corrected chi connectivity index (χ4v) is 3.39. The molecule has 1 N–H and O–H groups in total. The van der Waals surface area contributed by atoms with Crippen LogP contribution in [0.3, 0.4) is 0 Å². The minimum Gasteiger partial charge on any atom is -0.406 e. The molecule has 0 radical (unpaired) electrons. The SMILES string of the molecule is O=S(=O)(Nc1cnn(Cc2ccccc2)c1)c1cccc(OC(F)(F)F)c1. The van der Waals surface area contributed by atoms with Crippen LogP contribution in [0.25, 0.3) is 0 Å². The monoisotopic (exact) mass is 397 g/mol. The molecule has 0 aliphatic heterocycles. The molecule has 0 spiro atoms. The molecule has 142 valence electrons. The largest absolute Gasteiger partial charge is 0.573 e. The quantitative estimate of drug-likeness (QED) is 0.689. The Morgan fingerprint density at radius 3 is 2.52 bits per heavy atom. The zero-order valence-electron chi connectivity index (χ0n) is 13.7. The average molecular weight is 397 g/mol. The summed E-state index contributed by atoms with van der Waals surface area (Å²) < 4.78 is 69.3. The number of nitrogens with zero attached hydrogens (tertiary/aromatic N) is 2. The Kier molecular flexibility index (Phi) is 5.08. The topological polar surface area (TPSA) is 73.2 Å². The van der Waals surface area contributed by atoms with Gasteiger partial charge in [-0.25, -0.2) is 8.42 Å². The van der Waals surface area contributed by atoms with Gasteiger partial charge in [0, 0.05) is 12.3 Å². The number of alkyl halides is 3. The van der Waals surface area contributed by atoms with Gasteiger partial charge in [0.1, 0.15) is 5.75 Å². The average Bonchev–Trinajstić information content (AvgIpc) is 3.00. The number of rotatable bonds is 6. The number of halogens is 3. The second-order valence-electron chi connectivity index (χ2n) is 5.54. The zero-order chi connectivity index (χ0) is 19.5. The number of anilines is 1. The van der Waals surface area contributed by atoms with Crippen LogP contribution < -0.4 is 9.46 Å². The Morgan fingerprint density at radius 2 is 1.81 bits per heavy atom. The van der Waals surface area contributed by atoms with Crippen LogP contribution in [0, 0.1) is 0 Å². The molecule has 27 heavy (non-hydrogen) atoms. The number of ether oxygens (including phenoxy) is 1. The maximum atomic E-state index is 12.4. The van der Waals surface area contributed by atoms with Crippen molar-refractivity contribution in [2.45, 2.75) is 17.8 Å². The highest BCUT2D eigenvalue weighted by Gasteiger charge is 2.31. The first kappa shape index (κ1) is 18.8. The van der Waals surface area contributed by atoms with Gasteiger partial charge in [-0.2, -0.15) is 5.10 Å². The Balaban J connectivity index is 1.74. The minimum absolute atomic E-state index is 0.188. The van der Waals surface area contributed by atoms with Gasteiger partial charge in [-0.05, 0) is 17.7 Å². The molecule has 0 saturated heterocycles. The molecule has 0 amide bonds. The molecule has 3 rings (SSSR count). The Hall–Kier alpha value is -3.01. The smallest absolute Gasteiger partial charge is 0.406 e. The molecule has 1 heterocycles. The van der Waals surface area contributed by atoms with E-state index in [1.807, 2.05) is 30.3 Å². The van der Waals surface area contributed by atoms with Crippen molar-refractivity contribution in [2.75, 3.05) is 4.72 Å². The van der Waals surface area contributed by atoms with Crippen LogP contribution in [-0.4, -0.2) is 24.6 Å². The van der Waals surface area contributed by atoms with Crippen molar-refractivity contribution >= 4 is 15.7 Å². The van der Waals surface area contributed by atoms with Crippen LogP contribution in [0.4, 0.5) is 18.9 Å². The lowest BCUT2D eigenvalue weighted by Crippen LogP contribution is -2.18. The van der Waals surface area contributed by atoms with E-state index in [-0.39, 0.29) is 10.6 Å². The lowest BCUT2D eigenvalue weighted by molar-refractivity contribution is -0.274. The summed E-state index contributed by atoms with van der Waals surface area (Å²) in [6.45, 7) is 0.442. The molecular formula is C17H14F3N3O3S. The summed E-state index contributed by atoms with van der Waals surface area (Å²) in [6, 6.07) is 13.6. The zero-order valence-corrected chi connectivity index (χ0v) is 14.5. The number of nitrogens with one attached hydrogen (secondary N) is 1. The van der Waals surface area contributed by atoms with E-state index < -0.39 is 22.1 Å². The van der Waals surface area contributed by atoms with E-state index in [4.69, 9.17) is 0 Å². The van der Waals surface area contributed by atoms with Gasteiger partial charge < -0.3 is 4.74 Å². The molecule has 0 unspecified atom stereocenters. The number of sulfonamides is 1. The molecule has 0 bridgehead atoms. The molecule has 0 aliphatic carbocycles. The molecular weight excluding hydrogens is 383 g/mol. The fourth-order valence-electron chi connectivity index (χ4n) is 2.33. The molecule has 6 nitrogen and oxygen atoms in total. The maximum Gasteiger partial charge on any atom is 0.573 e. The highest BCUT2D eigenvalue weighted by molar-refractivity contribution is 7.92. The van der Waals surface area contributed by atoms with Gasteiger partial charge in [0.2, 0.25) is 0 Å². The standard InChI is InChI=1S/C17H14F3N3O3S/c18-17(19,20)26-15-7-4-8-16(9-15)27(24,25)22-14-10-21-23(12-14)11-13-5-2-1-3-6-13/h1-10,12,22H,11H2. The number of hydrogen-bond donors (Lipinski definition) is 1. The van der Waals surface area contributed by atoms with Crippen LogP contribution in [0.1, 0.15) is 5.56 Å². The van der Waals surface area contributed by atoms with Crippen molar-refractivity contribution in [1.29, 1.82) is 0 Å². The van der Waals surface area contributed by atoms with Crippen LogP contribution in [0.15, 0.2) is 71.9 Å². The van der Waals surface area contributed by atoms with E-state index in [1.165, 1.54) is 23.1 Å². The summed E-state index contributed by atoms with van der Waals surface area (Å²) in [4.78, 5) is -0.361. The highest BCUT2D eigenvalue weighted by atomic mass is 32.2. The van der Waals surface area contributed by atoms with Crippen LogP contribution in [0.2, 0.25) is 0 Å². The third-order valence-electron chi connectivity index (χ3n) is 3.42. The van der Waals surface area contributed by atoms with Gasteiger partial charge in [0.15, 0.2) is 0 Å². The van der Waals surface area contributed by atoms with E-state index >= 15 is 0 Å². The third kappa shape index (κ3) is 5.23. The van der Waals surface area contributed by atoms with Crippen molar-refractivity contribution in [3.63, 3.8) is 0 Å².